The number of amides is 2. The summed E-state index contributed by atoms with van der Waals surface area (Å²) in [5.41, 5.74) is 2.40. The highest BCUT2D eigenvalue weighted by Crippen LogP contribution is 2.29. The zero-order valence-corrected chi connectivity index (χ0v) is 19.5. The number of allylic oxidation sites excluding steroid dienone is 1. The molecule has 0 radical (unpaired) electrons. The maximum Gasteiger partial charge on any atom is 0.338 e. The molecule has 1 aromatic heterocycles. The van der Waals surface area contributed by atoms with Crippen LogP contribution in [0.25, 0.3) is 0 Å². The molecule has 0 saturated heterocycles. The van der Waals surface area contributed by atoms with E-state index in [9.17, 15) is 14.0 Å². The number of halogens is 1. The molecule has 2 aromatic carbocycles. The Bertz CT molecular complexity index is 1350. The zero-order valence-electron chi connectivity index (χ0n) is 19.5. The number of ether oxygens (including phenoxy) is 2. The molecular formula is C27H23FN4O4. The van der Waals surface area contributed by atoms with Gasteiger partial charge in [0.15, 0.2) is 0 Å². The molecule has 2 heterocycles. The number of benzene rings is 2. The molecule has 2 N–H and O–H groups in total. The molecule has 1 unspecified atom stereocenters. The van der Waals surface area contributed by atoms with Crippen LogP contribution in [0.15, 0.2) is 78.1 Å². The number of pyridine rings is 1. The van der Waals surface area contributed by atoms with Crippen molar-refractivity contribution in [2.24, 2.45) is 0 Å². The number of esters is 1. The van der Waals surface area contributed by atoms with Crippen LogP contribution < -0.4 is 15.4 Å². The maximum absolute atomic E-state index is 13.7. The zero-order chi connectivity index (χ0) is 25.5. The van der Waals surface area contributed by atoms with Gasteiger partial charge < -0.3 is 20.1 Å². The molecule has 1 atom stereocenters. The molecule has 182 valence electrons. The quantitative estimate of drug-likeness (QED) is 0.464. The van der Waals surface area contributed by atoms with Gasteiger partial charge in [-0.2, -0.15) is 5.26 Å². The van der Waals surface area contributed by atoms with Gasteiger partial charge in [0, 0.05) is 11.9 Å². The third-order valence-corrected chi connectivity index (χ3v) is 5.68. The lowest BCUT2D eigenvalue weighted by Gasteiger charge is -2.29. The van der Waals surface area contributed by atoms with Gasteiger partial charge in [0.1, 0.15) is 30.3 Å². The van der Waals surface area contributed by atoms with E-state index in [0.29, 0.717) is 35.5 Å². The van der Waals surface area contributed by atoms with E-state index in [1.807, 2.05) is 24.3 Å². The minimum absolute atomic E-state index is 0.139. The van der Waals surface area contributed by atoms with Gasteiger partial charge >= 0.3 is 12.0 Å². The Morgan fingerprint density at radius 3 is 2.72 bits per heavy atom. The summed E-state index contributed by atoms with van der Waals surface area (Å²) in [6.45, 7) is -0.177. The summed E-state index contributed by atoms with van der Waals surface area (Å²) >= 11 is 0. The smallest absolute Gasteiger partial charge is 0.338 e. The van der Waals surface area contributed by atoms with Crippen LogP contribution in [0.2, 0.25) is 0 Å². The number of methoxy groups -OCH3 is 1. The number of nitrogens with one attached hydrogen (secondary N) is 2. The molecule has 36 heavy (non-hydrogen) atoms. The van der Waals surface area contributed by atoms with E-state index in [0.717, 1.165) is 11.6 Å². The first-order chi connectivity index (χ1) is 17.5. The van der Waals surface area contributed by atoms with Crippen LogP contribution in [-0.4, -0.2) is 24.1 Å². The number of carbonyl (C=O) groups is 2. The highest BCUT2D eigenvalue weighted by molar-refractivity contribution is 5.95. The second-order valence-electron chi connectivity index (χ2n) is 8.03. The molecule has 3 aromatic rings. The molecule has 8 nitrogen and oxygen atoms in total. The van der Waals surface area contributed by atoms with Gasteiger partial charge in [0.25, 0.3) is 0 Å². The molecule has 1 aliphatic rings. The summed E-state index contributed by atoms with van der Waals surface area (Å²) in [4.78, 5) is 30.2. The predicted octanol–water partition coefficient (Wildman–Crippen LogP) is 4.09. The predicted molar refractivity (Wildman–Crippen MR) is 128 cm³/mol. The van der Waals surface area contributed by atoms with E-state index in [2.05, 4.69) is 15.6 Å². The number of carbonyl (C=O) groups excluding carboxylic acids is 2. The van der Waals surface area contributed by atoms with Crippen molar-refractivity contribution in [2.75, 3.05) is 7.11 Å². The third kappa shape index (κ3) is 5.67. The normalized spacial score (nSPS) is 14.9. The Hall–Kier alpha value is -4.71. The Morgan fingerprint density at radius 2 is 1.97 bits per heavy atom. The van der Waals surface area contributed by atoms with Crippen molar-refractivity contribution in [1.29, 1.82) is 5.26 Å². The van der Waals surface area contributed by atoms with Crippen molar-refractivity contribution in [3.05, 3.63) is 106 Å². The van der Waals surface area contributed by atoms with Crippen LogP contribution in [0.1, 0.15) is 34.8 Å². The molecule has 2 amide bonds. The van der Waals surface area contributed by atoms with Gasteiger partial charge in [-0.1, -0.05) is 24.3 Å². The van der Waals surface area contributed by atoms with E-state index >= 15 is 0 Å². The first kappa shape index (κ1) is 24.4. The third-order valence-electron chi connectivity index (χ3n) is 5.68. The van der Waals surface area contributed by atoms with E-state index in [4.69, 9.17) is 14.7 Å². The van der Waals surface area contributed by atoms with Gasteiger partial charge in [0.05, 0.1) is 23.9 Å². The second kappa shape index (κ2) is 11.1. The highest BCUT2D eigenvalue weighted by Gasteiger charge is 2.34. The average Bonchev–Trinajstić information content (AvgIpc) is 2.91. The SMILES string of the molecule is COc1cccc(CCC2=C(C(=O)OCc3ccc(F)c(C#N)c3)C(c3ccccn3)NC(=O)N2)c1. The van der Waals surface area contributed by atoms with Gasteiger partial charge in [0.2, 0.25) is 0 Å². The van der Waals surface area contributed by atoms with Gasteiger partial charge in [-0.25, -0.2) is 14.0 Å². The van der Waals surface area contributed by atoms with Gasteiger partial charge in [-0.15, -0.1) is 0 Å². The van der Waals surface area contributed by atoms with Crippen LogP contribution in [0, 0.1) is 17.1 Å². The molecule has 9 heteroatoms. The lowest BCUT2D eigenvalue weighted by Crippen LogP contribution is -2.46. The standard InChI is InChI=1S/C27H23FN4O4/c1-35-20-6-4-5-17(14-20)9-11-22-24(25(32-27(34)31-22)23-7-2-3-12-30-23)26(33)36-16-18-8-10-21(28)19(13-18)15-29/h2-8,10,12-14,25H,9,11,16H2,1H3,(H2,31,32,34). The van der Waals surface area contributed by atoms with E-state index < -0.39 is 23.9 Å². The lowest BCUT2D eigenvalue weighted by atomic mass is 9.95. The summed E-state index contributed by atoms with van der Waals surface area (Å²) in [5, 5.41) is 14.6. The van der Waals surface area contributed by atoms with Gasteiger partial charge in [-0.3, -0.25) is 4.98 Å². The molecule has 0 bridgehead atoms. The van der Waals surface area contributed by atoms with Crippen LogP contribution in [-0.2, 0) is 22.6 Å². The van der Waals surface area contributed by atoms with Crippen LogP contribution in [0.4, 0.5) is 9.18 Å². The number of nitriles is 1. The monoisotopic (exact) mass is 486 g/mol. The number of hydrogen-bond acceptors (Lipinski definition) is 6. The van der Waals surface area contributed by atoms with Crippen LogP contribution >= 0.6 is 0 Å². The Labute approximate surface area is 207 Å². The summed E-state index contributed by atoms with van der Waals surface area (Å²) in [6, 6.07) is 17.1. The summed E-state index contributed by atoms with van der Waals surface area (Å²) in [7, 11) is 1.58. The minimum atomic E-state index is -0.823. The molecule has 0 spiro atoms. The van der Waals surface area contributed by atoms with Crippen molar-refractivity contribution < 1.29 is 23.5 Å². The minimum Gasteiger partial charge on any atom is -0.497 e. The second-order valence-corrected chi connectivity index (χ2v) is 8.03. The fraction of sp³-hybridized carbons (Fsp3) is 0.185. The van der Waals surface area contributed by atoms with Crippen molar-refractivity contribution in [3.63, 3.8) is 0 Å². The van der Waals surface area contributed by atoms with Crippen LogP contribution in [0.5, 0.6) is 5.75 Å². The number of nitrogens with zero attached hydrogens (tertiary/aromatic N) is 2. The van der Waals surface area contributed by atoms with E-state index in [1.165, 1.54) is 12.1 Å². The molecule has 1 aliphatic heterocycles. The number of aromatic nitrogens is 1. The van der Waals surface area contributed by atoms with Crippen molar-refractivity contribution >= 4 is 12.0 Å². The Balaban J connectivity index is 1.63. The first-order valence-electron chi connectivity index (χ1n) is 11.2. The molecular weight excluding hydrogens is 463 g/mol. The number of hydrogen-bond donors (Lipinski definition) is 2. The molecule has 0 saturated carbocycles. The van der Waals surface area contributed by atoms with E-state index in [1.54, 1.807) is 37.6 Å². The first-order valence-corrected chi connectivity index (χ1v) is 11.2. The number of urea groups is 1. The number of rotatable bonds is 8. The van der Waals surface area contributed by atoms with Crippen molar-refractivity contribution in [2.45, 2.75) is 25.5 Å². The van der Waals surface area contributed by atoms with Crippen LogP contribution in [0.3, 0.4) is 0 Å². The maximum atomic E-state index is 13.7. The summed E-state index contributed by atoms with van der Waals surface area (Å²) in [6.07, 6.45) is 2.45. The van der Waals surface area contributed by atoms with Crippen molar-refractivity contribution in [3.8, 4) is 11.8 Å². The topological polar surface area (TPSA) is 113 Å². The summed E-state index contributed by atoms with van der Waals surface area (Å²) in [5.74, 6) is -0.607. The lowest BCUT2D eigenvalue weighted by molar-refractivity contribution is -0.140. The highest BCUT2D eigenvalue weighted by atomic mass is 19.1. The van der Waals surface area contributed by atoms with E-state index in [-0.39, 0.29) is 17.7 Å². The summed E-state index contributed by atoms with van der Waals surface area (Å²) < 4.78 is 24.5. The average molecular weight is 487 g/mol. The fourth-order valence-electron chi connectivity index (χ4n) is 3.90. The molecule has 4 rings (SSSR count). The largest absolute Gasteiger partial charge is 0.497 e. The fourth-order valence-corrected chi connectivity index (χ4v) is 3.90. The Morgan fingerprint density at radius 1 is 1.11 bits per heavy atom. The van der Waals surface area contributed by atoms with Gasteiger partial charge in [-0.05, 0) is 60.4 Å². The van der Waals surface area contributed by atoms with Crippen molar-refractivity contribution in [1.82, 2.24) is 15.6 Å². The molecule has 0 aliphatic carbocycles. The molecule has 0 fully saturated rings. The Kier molecular flexibility index (Phi) is 7.56. The number of aryl methyl sites for hydroxylation is 1.